The van der Waals surface area contributed by atoms with Gasteiger partial charge in [-0.05, 0) is 30.7 Å². The molecule has 2 aromatic rings. The van der Waals surface area contributed by atoms with E-state index in [0.29, 0.717) is 11.1 Å². The summed E-state index contributed by atoms with van der Waals surface area (Å²) in [5.41, 5.74) is 3.64. The Bertz CT molecular complexity index is 617. The van der Waals surface area contributed by atoms with E-state index < -0.39 is 11.7 Å². The first kappa shape index (κ1) is 15.2. The highest BCUT2D eigenvalue weighted by atomic mass is 19.1. The second kappa shape index (κ2) is 6.97. The van der Waals surface area contributed by atoms with Crippen LogP contribution >= 0.6 is 0 Å². The molecular weight excluding hydrogens is 271 g/mol. The Balaban J connectivity index is 2.07. The van der Waals surface area contributed by atoms with E-state index in [1.807, 2.05) is 42.7 Å². The molecule has 0 bridgehead atoms. The molecule has 2 rings (SSSR count). The molecule has 0 saturated carbocycles. The van der Waals surface area contributed by atoms with Crippen molar-refractivity contribution in [1.29, 1.82) is 0 Å². The lowest BCUT2D eigenvalue weighted by Crippen LogP contribution is -2.30. The van der Waals surface area contributed by atoms with E-state index in [-0.39, 0.29) is 12.7 Å². The van der Waals surface area contributed by atoms with Crippen LogP contribution in [0.3, 0.4) is 0 Å². The number of nitrogens with two attached hydrogens (primary N) is 1. The van der Waals surface area contributed by atoms with Crippen LogP contribution in [0, 0.1) is 5.82 Å². The van der Waals surface area contributed by atoms with Gasteiger partial charge in [-0.25, -0.2) is 10.2 Å². The number of benzene rings is 2. The number of amides is 1. The zero-order chi connectivity index (χ0) is 15.2. The minimum absolute atomic E-state index is 0.0770. The van der Waals surface area contributed by atoms with Crippen molar-refractivity contribution in [1.82, 2.24) is 5.43 Å². The summed E-state index contributed by atoms with van der Waals surface area (Å²) in [5, 5.41) is 0. The minimum Gasteiger partial charge on any atom is -0.369 e. The standard InChI is InChI=1S/C16H17FN2O2/c1-11(12-5-3-2-4-6-12)21-10-14-9-13(16(20)19-18)7-8-15(14)17/h2-9,11H,10,18H2,1H3,(H,19,20). The summed E-state index contributed by atoms with van der Waals surface area (Å²) in [7, 11) is 0. The molecule has 0 aliphatic carbocycles. The Kier molecular flexibility index (Phi) is 5.03. The molecule has 4 nitrogen and oxygen atoms in total. The lowest BCUT2D eigenvalue weighted by atomic mass is 10.1. The molecule has 1 atom stereocenters. The zero-order valence-electron chi connectivity index (χ0n) is 11.7. The summed E-state index contributed by atoms with van der Waals surface area (Å²) in [6.45, 7) is 1.97. The number of nitrogen functional groups attached to an aromatic ring is 1. The first-order valence-electron chi connectivity index (χ1n) is 6.57. The normalized spacial score (nSPS) is 12.0. The van der Waals surface area contributed by atoms with Gasteiger partial charge in [-0.1, -0.05) is 30.3 Å². The molecule has 2 aromatic carbocycles. The highest BCUT2D eigenvalue weighted by molar-refractivity contribution is 5.93. The number of nitrogens with one attached hydrogen (secondary N) is 1. The first-order valence-corrected chi connectivity index (χ1v) is 6.57. The molecule has 1 amide bonds. The molecule has 0 radical (unpaired) electrons. The largest absolute Gasteiger partial charge is 0.369 e. The van der Waals surface area contributed by atoms with Crippen LogP contribution in [0.5, 0.6) is 0 Å². The predicted molar refractivity (Wildman–Crippen MR) is 77.7 cm³/mol. The van der Waals surface area contributed by atoms with Crippen LogP contribution in [0.15, 0.2) is 48.5 Å². The van der Waals surface area contributed by atoms with Gasteiger partial charge < -0.3 is 4.74 Å². The SMILES string of the molecule is CC(OCc1cc(C(=O)NN)ccc1F)c1ccccc1. The number of hydrogen-bond acceptors (Lipinski definition) is 3. The van der Waals surface area contributed by atoms with E-state index in [0.717, 1.165) is 5.56 Å². The summed E-state index contributed by atoms with van der Waals surface area (Å²) in [6, 6.07) is 13.7. The van der Waals surface area contributed by atoms with E-state index in [9.17, 15) is 9.18 Å². The Morgan fingerprint density at radius 3 is 2.67 bits per heavy atom. The van der Waals surface area contributed by atoms with Gasteiger partial charge in [-0.3, -0.25) is 10.2 Å². The van der Waals surface area contributed by atoms with Crippen molar-refractivity contribution in [3.63, 3.8) is 0 Å². The summed E-state index contributed by atoms with van der Waals surface area (Å²) in [4.78, 5) is 11.4. The lowest BCUT2D eigenvalue weighted by Gasteiger charge is -2.14. The van der Waals surface area contributed by atoms with E-state index in [2.05, 4.69) is 0 Å². The maximum Gasteiger partial charge on any atom is 0.265 e. The van der Waals surface area contributed by atoms with Crippen LogP contribution in [0.2, 0.25) is 0 Å². The van der Waals surface area contributed by atoms with E-state index >= 15 is 0 Å². The van der Waals surface area contributed by atoms with Crippen molar-refractivity contribution in [2.75, 3.05) is 0 Å². The third kappa shape index (κ3) is 3.87. The van der Waals surface area contributed by atoms with Crippen LogP contribution in [0.4, 0.5) is 4.39 Å². The van der Waals surface area contributed by atoms with Gasteiger partial charge in [0.05, 0.1) is 12.7 Å². The monoisotopic (exact) mass is 288 g/mol. The lowest BCUT2D eigenvalue weighted by molar-refractivity contribution is 0.0508. The van der Waals surface area contributed by atoms with Gasteiger partial charge in [0.25, 0.3) is 5.91 Å². The third-order valence-electron chi connectivity index (χ3n) is 3.20. The van der Waals surface area contributed by atoms with Gasteiger partial charge >= 0.3 is 0 Å². The fraction of sp³-hybridized carbons (Fsp3) is 0.188. The Morgan fingerprint density at radius 1 is 1.29 bits per heavy atom. The van der Waals surface area contributed by atoms with E-state index in [4.69, 9.17) is 10.6 Å². The molecule has 0 heterocycles. The average Bonchev–Trinajstić information content (AvgIpc) is 2.53. The van der Waals surface area contributed by atoms with Gasteiger partial charge in [-0.2, -0.15) is 0 Å². The molecule has 0 saturated heterocycles. The van der Waals surface area contributed by atoms with Gasteiger partial charge in [0.15, 0.2) is 0 Å². The number of rotatable bonds is 5. The van der Waals surface area contributed by atoms with Gasteiger partial charge in [0, 0.05) is 11.1 Å². The zero-order valence-corrected chi connectivity index (χ0v) is 11.7. The predicted octanol–water partition coefficient (Wildman–Crippen LogP) is 2.71. The van der Waals surface area contributed by atoms with Crippen LogP contribution in [0.1, 0.15) is 34.5 Å². The second-order valence-corrected chi connectivity index (χ2v) is 4.64. The Labute approximate surface area is 122 Å². The smallest absolute Gasteiger partial charge is 0.265 e. The van der Waals surface area contributed by atoms with Crippen LogP contribution < -0.4 is 11.3 Å². The van der Waals surface area contributed by atoms with Gasteiger partial charge in [0.2, 0.25) is 0 Å². The van der Waals surface area contributed by atoms with Crippen LogP contribution in [0.25, 0.3) is 0 Å². The molecular formula is C16H17FN2O2. The average molecular weight is 288 g/mol. The molecule has 110 valence electrons. The Morgan fingerprint density at radius 2 is 2.00 bits per heavy atom. The fourth-order valence-electron chi connectivity index (χ4n) is 1.94. The third-order valence-corrected chi connectivity index (χ3v) is 3.20. The maximum atomic E-state index is 13.7. The number of carbonyl (C=O) groups is 1. The Hall–Kier alpha value is -2.24. The number of hydrazine groups is 1. The highest BCUT2D eigenvalue weighted by Crippen LogP contribution is 2.19. The molecule has 0 aromatic heterocycles. The maximum absolute atomic E-state index is 13.7. The summed E-state index contributed by atoms with van der Waals surface area (Å²) >= 11 is 0. The van der Waals surface area contributed by atoms with Crippen molar-refractivity contribution in [3.05, 3.63) is 71.0 Å². The summed E-state index contributed by atoms with van der Waals surface area (Å²) < 4.78 is 19.4. The highest BCUT2D eigenvalue weighted by Gasteiger charge is 2.11. The number of ether oxygens (including phenoxy) is 1. The molecule has 5 heteroatoms. The number of hydrogen-bond donors (Lipinski definition) is 2. The molecule has 0 aliphatic rings. The van der Waals surface area contributed by atoms with Crippen molar-refractivity contribution in [3.8, 4) is 0 Å². The molecule has 1 unspecified atom stereocenters. The molecule has 3 N–H and O–H groups in total. The van der Waals surface area contributed by atoms with Crippen molar-refractivity contribution >= 4 is 5.91 Å². The molecule has 0 spiro atoms. The fourth-order valence-corrected chi connectivity index (χ4v) is 1.94. The molecule has 0 fully saturated rings. The van der Waals surface area contributed by atoms with Crippen molar-refractivity contribution in [2.45, 2.75) is 19.6 Å². The van der Waals surface area contributed by atoms with Gasteiger partial charge in [-0.15, -0.1) is 0 Å². The van der Waals surface area contributed by atoms with E-state index in [1.165, 1.54) is 18.2 Å². The summed E-state index contributed by atoms with van der Waals surface area (Å²) in [6.07, 6.45) is -0.169. The van der Waals surface area contributed by atoms with Crippen LogP contribution in [-0.4, -0.2) is 5.91 Å². The van der Waals surface area contributed by atoms with E-state index in [1.54, 1.807) is 0 Å². The number of carbonyl (C=O) groups excluding carboxylic acids is 1. The van der Waals surface area contributed by atoms with Crippen LogP contribution in [-0.2, 0) is 11.3 Å². The van der Waals surface area contributed by atoms with Gasteiger partial charge in [0.1, 0.15) is 5.82 Å². The topological polar surface area (TPSA) is 64.3 Å². The van der Waals surface area contributed by atoms with Crippen molar-refractivity contribution < 1.29 is 13.9 Å². The minimum atomic E-state index is -0.465. The first-order chi connectivity index (χ1) is 10.1. The van der Waals surface area contributed by atoms with Crippen molar-refractivity contribution in [2.24, 2.45) is 5.84 Å². The quantitative estimate of drug-likeness (QED) is 0.505. The molecule has 21 heavy (non-hydrogen) atoms. The second-order valence-electron chi connectivity index (χ2n) is 4.64. The summed E-state index contributed by atoms with van der Waals surface area (Å²) in [5.74, 6) is 4.19. The molecule has 0 aliphatic heterocycles. The number of halogens is 1.